The lowest BCUT2D eigenvalue weighted by Crippen LogP contribution is -2.52. The van der Waals surface area contributed by atoms with E-state index in [9.17, 15) is 13.6 Å². The van der Waals surface area contributed by atoms with Gasteiger partial charge in [-0.2, -0.15) is 0 Å². The molecule has 1 aromatic carbocycles. The van der Waals surface area contributed by atoms with Gasteiger partial charge in [0.05, 0.1) is 29.3 Å². The number of fused-ring (bicyclic) bond motifs is 1. The van der Waals surface area contributed by atoms with Gasteiger partial charge in [0.2, 0.25) is 5.91 Å². The van der Waals surface area contributed by atoms with Crippen molar-refractivity contribution < 1.29 is 13.6 Å². The molecule has 3 heterocycles. The van der Waals surface area contributed by atoms with Gasteiger partial charge in [0.1, 0.15) is 5.01 Å². The zero-order valence-corrected chi connectivity index (χ0v) is 14.6. The number of benzene rings is 1. The average Bonchev–Trinajstić information content (AvgIpc) is 3.17. The number of rotatable bonds is 3. The fraction of sp³-hybridized carbons (Fsp3) is 0.529. The number of piperazine rings is 1. The van der Waals surface area contributed by atoms with Crippen LogP contribution in [0.3, 0.4) is 0 Å². The van der Waals surface area contributed by atoms with Crippen LogP contribution in [0.25, 0.3) is 10.2 Å². The van der Waals surface area contributed by atoms with E-state index in [1.165, 1.54) is 4.70 Å². The standard InChI is InChI=1S/C17H20F2N4OS/c18-17(19)9-13(20-11-17)16(24)23-7-5-22(6-8-23)10-15-21-12-3-1-2-4-14(12)25-15/h1-4,13,20H,5-11H2. The van der Waals surface area contributed by atoms with Gasteiger partial charge in [-0.25, -0.2) is 13.8 Å². The summed E-state index contributed by atoms with van der Waals surface area (Å²) in [5.74, 6) is -2.97. The lowest BCUT2D eigenvalue weighted by atomic mass is 10.1. The first-order valence-corrected chi connectivity index (χ1v) is 9.29. The van der Waals surface area contributed by atoms with Crippen molar-refractivity contribution >= 4 is 27.5 Å². The van der Waals surface area contributed by atoms with Gasteiger partial charge < -0.3 is 4.90 Å². The first-order chi connectivity index (χ1) is 12.0. The molecule has 25 heavy (non-hydrogen) atoms. The molecular weight excluding hydrogens is 346 g/mol. The lowest BCUT2D eigenvalue weighted by Gasteiger charge is -2.35. The summed E-state index contributed by atoms with van der Waals surface area (Å²) in [6, 6.07) is 7.32. The van der Waals surface area contributed by atoms with Crippen LogP contribution in [0.4, 0.5) is 8.78 Å². The average molecular weight is 366 g/mol. The summed E-state index contributed by atoms with van der Waals surface area (Å²) in [5.41, 5.74) is 1.02. The molecule has 0 bridgehead atoms. The number of aromatic nitrogens is 1. The van der Waals surface area contributed by atoms with E-state index in [-0.39, 0.29) is 5.91 Å². The molecule has 0 radical (unpaired) electrons. The van der Waals surface area contributed by atoms with Gasteiger partial charge in [-0.1, -0.05) is 12.1 Å². The molecular formula is C17H20F2N4OS. The van der Waals surface area contributed by atoms with Crippen molar-refractivity contribution in [1.29, 1.82) is 0 Å². The maximum Gasteiger partial charge on any atom is 0.262 e. The predicted octanol–water partition coefficient (Wildman–Crippen LogP) is 1.94. The minimum Gasteiger partial charge on any atom is -0.339 e. The Morgan fingerprint density at radius 3 is 2.72 bits per heavy atom. The van der Waals surface area contributed by atoms with Crippen LogP contribution >= 0.6 is 11.3 Å². The van der Waals surface area contributed by atoms with Crippen LogP contribution in [0, 0.1) is 0 Å². The largest absolute Gasteiger partial charge is 0.339 e. The van der Waals surface area contributed by atoms with Gasteiger partial charge in [-0.05, 0) is 12.1 Å². The molecule has 2 aliphatic rings. The number of nitrogens with zero attached hydrogens (tertiary/aromatic N) is 3. The number of thiazole rings is 1. The van der Waals surface area contributed by atoms with Gasteiger partial charge in [-0.15, -0.1) is 11.3 Å². The highest BCUT2D eigenvalue weighted by Gasteiger charge is 2.43. The number of hydrogen-bond acceptors (Lipinski definition) is 5. The Balaban J connectivity index is 1.31. The molecule has 1 aromatic heterocycles. The number of amides is 1. The smallest absolute Gasteiger partial charge is 0.262 e. The summed E-state index contributed by atoms with van der Waals surface area (Å²) >= 11 is 1.69. The van der Waals surface area contributed by atoms with Gasteiger partial charge in [0.15, 0.2) is 0 Å². The molecule has 0 spiro atoms. The second-order valence-electron chi connectivity index (χ2n) is 6.67. The molecule has 4 rings (SSSR count). The Kier molecular flexibility index (Phi) is 4.43. The minimum absolute atomic E-state index is 0.197. The second kappa shape index (κ2) is 6.59. The minimum atomic E-state index is -2.77. The van der Waals surface area contributed by atoms with E-state index in [4.69, 9.17) is 0 Å². The number of alkyl halides is 2. The molecule has 2 aliphatic heterocycles. The highest BCUT2D eigenvalue weighted by atomic mass is 32.1. The van der Waals surface area contributed by atoms with E-state index in [1.807, 2.05) is 18.2 Å². The highest BCUT2D eigenvalue weighted by Crippen LogP contribution is 2.27. The molecule has 0 aliphatic carbocycles. The molecule has 2 aromatic rings. The lowest BCUT2D eigenvalue weighted by molar-refractivity contribution is -0.135. The number of para-hydroxylation sites is 1. The van der Waals surface area contributed by atoms with Crippen molar-refractivity contribution in [3.8, 4) is 0 Å². The Hall–Kier alpha value is -1.64. The monoisotopic (exact) mass is 366 g/mol. The van der Waals surface area contributed by atoms with Crippen molar-refractivity contribution in [2.75, 3.05) is 32.7 Å². The van der Waals surface area contributed by atoms with Crippen LogP contribution in [0.15, 0.2) is 24.3 Å². The Labute approximate surface area is 148 Å². The van der Waals surface area contributed by atoms with E-state index in [1.54, 1.807) is 16.2 Å². The summed E-state index contributed by atoms with van der Waals surface area (Å²) < 4.78 is 27.7. The summed E-state index contributed by atoms with van der Waals surface area (Å²) in [6.45, 7) is 3.00. The fourth-order valence-electron chi connectivity index (χ4n) is 3.42. The van der Waals surface area contributed by atoms with E-state index in [0.717, 1.165) is 30.2 Å². The maximum atomic E-state index is 13.3. The van der Waals surface area contributed by atoms with Crippen LogP contribution in [0.5, 0.6) is 0 Å². The Morgan fingerprint density at radius 1 is 1.28 bits per heavy atom. The SMILES string of the molecule is O=C(C1CC(F)(F)CN1)N1CCN(Cc2nc3ccccc3s2)CC1. The zero-order chi connectivity index (χ0) is 17.4. The van der Waals surface area contributed by atoms with Crippen molar-refractivity contribution in [3.05, 3.63) is 29.3 Å². The Morgan fingerprint density at radius 2 is 2.04 bits per heavy atom. The van der Waals surface area contributed by atoms with Gasteiger partial charge in [-0.3, -0.25) is 15.0 Å². The first kappa shape index (κ1) is 16.8. The molecule has 1 atom stereocenters. The van der Waals surface area contributed by atoms with E-state index >= 15 is 0 Å². The molecule has 2 fully saturated rings. The third-order valence-electron chi connectivity index (χ3n) is 4.79. The van der Waals surface area contributed by atoms with Crippen molar-refractivity contribution in [1.82, 2.24) is 20.1 Å². The predicted molar refractivity (Wildman–Crippen MR) is 92.8 cm³/mol. The summed E-state index contributed by atoms with van der Waals surface area (Å²) in [4.78, 5) is 21.0. The van der Waals surface area contributed by atoms with Crippen LogP contribution in [0.2, 0.25) is 0 Å². The third-order valence-corrected chi connectivity index (χ3v) is 5.81. The highest BCUT2D eigenvalue weighted by molar-refractivity contribution is 7.18. The number of nitrogens with one attached hydrogen (secondary N) is 1. The summed E-state index contributed by atoms with van der Waals surface area (Å²) in [6.07, 6.45) is -0.391. The number of hydrogen-bond donors (Lipinski definition) is 1. The van der Waals surface area contributed by atoms with Crippen LogP contribution in [-0.4, -0.2) is 65.4 Å². The van der Waals surface area contributed by atoms with E-state index in [2.05, 4.69) is 21.3 Å². The van der Waals surface area contributed by atoms with Gasteiger partial charge in [0.25, 0.3) is 5.92 Å². The number of carbonyl (C=O) groups excluding carboxylic acids is 1. The summed E-state index contributed by atoms with van der Waals surface area (Å²) in [7, 11) is 0. The molecule has 134 valence electrons. The number of carbonyl (C=O) groups is 1. The van der Waals surface area contributed by atoms with Crippen molar-refractivity contribution in [2.24, 2.45) is 0 Å². The molecule has 1 unspecified atom stereocenters. The first-order valence-electron chi connectivity index (χ1n) is 8.47. The molecule has 1 N–H and O–H groups in total. The zero-order valence-electron chi connectivity index (χ0n) is 13.8. The van der Waals surface area contributed by atoms with Crippen LogP contribution in [0.1, 0.15) is 11.4 Å². The van der Waals surface area contributed by atoms with Crippen LogP contribution in [-0.2, 0) is 11.3 Å². The molecule has 5 nitrogen and oxygen atoms in total. The topological polar surface area (TPSA) is 48.5 Å². The van der Waals surface area contributed by atoms with Gasteiger partial charge >= 0.3 is 0 Å². The molecule has 1 amide bonds. The normalized spacial score (nSPS) is 24.1. The maximum absolute atomic E-state index is 13.3. The third kappa shape index (κ3) is 3.65. The summed E-state index contributed by atoms with van der Waals surface area (Å²) in [5, 5.41) is 3.71. The molecule has 2 saturated heterocycles. The van der Waals surface area contributed by atoms with Gasteiger partial charge in [0, 0.05) is 32.6 Å². The van der Waals surface area contributed by atoms with Crippen molar-refractivity contribution in [3.63, 3.8) is 0 Å². The van der Waals surface area contributed by atoms with Crippen molar-refractivity contribution in [2.45, 2.75) is 24.9 Å². The number of halogens is 2. The van der Waals surface area contributed by atoms with Crippen LogP contribution < -0.4 is 5.32 Å². The Bertz CT molecular complexity index is 740. The molecule has 8 heteroatoms. The second-order valence-corrected chi connectivity index (χ2v) is 7.79. The fourth-order valence-corrected chi connectivity index (χ4v) is 4.43. The van der Waals surface area contributed by atoms with E-state index in [0.29, 0.717) is 13.1 Å². The molecule has 0 saturated carbocycles. The quantitative estimate of drug-likeness (QED) is 0.902. The van der Waals surface area contributed by atoms with E-state index < -0.39 is 24.9 Å².